The Morgan fingerprint density at radius 2 is 1.50 bits per heavy atom. The van der Waals surface area contributed by atoms with Gasteiger partial charge in [-0.15, -0.1) is 0 Å². The number of rotatable bonds is 3. The molecule has 0 atom stereocenters. The summed E-state index contributed by atoms with van der Waals surface area (Å²) >= 11 is 0. The van der Waals surface area contributed by atoms with Crippen molar-refractivity contribution < 1.29 is 0 Å². The molecule has 0 unspecified atom stereocenters. The summed E-state index contributed by atoms with van der Waals surface area (Å²) in [5.41, 5.74) is 0. The van der Waals surface area contributed by atoms with Gasteiger partial charge in [0.15, 0.2) is 0 Å². The van der Waals surface area contributed by atoms with E-state index in [0.29, 0.717) is 5.92 Å². The molecule has 2 saturated carbocycles. The van der Waals surface area contributed by atoms with E-state index in [1.165, 1.54) is 57.8 Å². The van der Waals surface area contributed by atoms with Crippen LogP contribution in [0.15, 0.2) is 12.2 Å². The molecule has 0 heterocycles. The van der Waals surface area contributed by atoms with Crippen molar-refractivity contribution in [1.82, 2.24) is 0 Å². The van der Waals surface area contributed by atoms with E-state index in [1.807, 2.05) is 0 Å². The van der Waals surface area contributed by atoms with Gasteiger partial charge in [0, 0.05) is 5.92 Å². The molecular weight excluding hydrogens is 218 g/mol. The molecule has 0 N–H and O–H groups in total. The Balaban J connectivity index is 1.72. The molecule has 0 aromatic rings. The Labute approximate surface area is 112 Å². The molecule has 0 radical (unpaired) electrons. The van der Waals surface area contributed by atoms with Gasteiger partial charge in [-0.1, -0.05) is 12.2 Å². The summed E-state index contributed by atoms with van der Waals surface area (Å²) in [6, 6.07) is 2.45. The molecule has 2 aliphatic rings. The molecule has 2 aliphatic carbocycles. The maximum absolute atomic E-state index is 8.95. The maximum atomic E-state index is 8.95. The molecule has 100 valence electrons. The Morgan fingerprint density at radius 3 is 2.00 bits per heavy atom. The van der Waals surface area contributed by atoms with E-state index in [2.05, 4.69) is 25.1 Å². The van der Waals surface area contributed by atoms with Crippen LogP contribution in [-0.4, -0.2) is 0 Å². The number of allylic oxidation sites excluding steroid dienone is 2. The van der Waals surface area contributed by atoms with Crippen LogP contribution < -0.4 is 0 Å². The summed E-state index contributed by atoms with van der Waals surface area (Å²) in [4.78, 5) is 0. The van der Waals surface area contributed by atoms with Crippen molar-refractivity contribution in [3.8, 4) is 6.07 Å². The van der Waals surface area contributed by atoms with Crippen LogP contribution in [0.5, 0.6) is 0 Å². The normalized spacial score (nSPS) is 37.6. The molecule has 0 aliphatic heterocycles. The number of nitriles is 1. The summed E-state index contributed by atoms with van der Waals surface area (Å²) in [5, 5.41) is 8.95. The Kier molecular flexibility index (Phi) is 5.29. The summed E-state index contributed by atoms with van der Waals surface area (Å²) < 4.78 is 0. The highest BCUT2D eigenvalue weighted by Gasteiger charge is 2.30. The van der Waals surface area contributed by atoms with Gasteiger partial charge in [-0.2, -0.15) is 5.26 Å². The summed E-state index contributed by atoms with van der Waals surface area (Å²) in [6.45, 7) is 2.12. The van der Waals surface area contributed by atoms with Crippen molar-refractivity contribution in [3.05, 3.63) is 12.2 Å². The van der Waals surface area contributed by atoms with Crippen LogP contribution in [0.25, 0.3) is 0 Å². The monoisotopic (exact) mass is 245 g/mol. The third-order valence-electron chi connectivity index (χ3n) is 5.22. The van der Waals surface area contributed by atoms with Crippen LogP contribution in [0, 0.1) is 35.0 Å². The van der Waals surface area contributed by atoms with Gasteiger partial charge in [0.1, 0.15) is 0 Å². The summed E-state index contributed by atoms with van der Waals surface area (Å²) in [7, 11) is 0. The number of nitrogens with zero attached hydrogens (tertiary/aromatic N) is 1. The minimum absolute atomic E-state index is 0.368. The van der Waals surface area contributed by atoms with E-state index in [1.54, 1.807) is 0 Å². The summed E-state index contributed by atoms with van der Waals surface area (Å²) in [5.74, 6) is 3.24. The topological polar surface area (TPSA) is 23.8 Å². The maximum Gasteiger partial charge on any atom is 0.0655 e. The van der Waals surface area contributed by atoms with Crippen LogP contribution in [0.1, 0.15) is 64.7 Å². The second-order valence-electron chi connectivity index (χ2n) is 6.33. The highest BCUT2D eigenvalue weighted by Crippen LogP contribution is 2.41. The minimum atomic E-state index is 0.368. The SMILES string of the molecule is CC=CCC1CCC(C2CCC(C#N)CC2)CC1. The van der Waals surface area contributed by atoms with Crippen LogP contribution in [0.4, 0.5) is 0 Å². The van der Waals surface area contributed by atoms with Gasteiger partial charge < -0.3 is 0 Å². The van der Waals surface area contributed by atoms with Crippen LogP contribution in [0.3, 0.4) is 0 Å². The predicted molar refractivity (Wildman–Crippen MR) is 75.9 cm³/mol. The van der Waals surface area contributed by atoms with E-state index < -0.39 is 0 Å². The minimum Gasteiger partial charge on any atom is -0.198 e. The lowest BCUT2D eigenvalue weighted by Gasteiger charge is -2.36. The zero-order valence-corrected chi connectivity index (χ0v) is 11.8. The molecule has 1 nitrogen and oxygen atoms in total. The van der Waals surface area contributed by atoms with Crippen molar-refractivity contribution in [1.29, 1.82) is 5.26 Å². The van der Waals surface area contributed by atoms with Crippen LogP contribution in [0.2, 0.25) is 0 Å². The molecule has 0 aromatic heterocycles. The average Bonchev–Trinajstić information content (AvgIpc) is 2.46. The average molecular weight is 245 g/mol. The van der Waals surface area contributed by atoms with E-state index in [4.69, 9.17) is 5.26 Å². The lowest BCUT2D eigenvalue weighted by atomic mass is 9.69. The molecule has 0 amide bonds. The van der Waals surface area contributed by atoms with Gasteiger partial charge in [0.05, 0.1) is 6.07 Å². The fourth-order valence-electron chi connectivity index (χ4n) is 3.94. The number of hydrogen-bond acceptors (Lipinski definition) is 1. The second kappa shape index (κ2) is 6.98. The van der Waals surface area contributed by atoms with Crippen molar-refractivity contribution in [2.75, 3.05) is 0 Å². The third-order valence-corrected chi connectivity index (χ3v) is 5.22. The van der Waals surface area contributed by atoms with Crippen LogP contribution in [-0.2, 0) is 0 Å². The quantitative estimate of drug-likeness (QED) is 0.635. The lowest BCUT2D eigenvalue weighted by Crippen LogP contribution is -2.25. The van der Waals surface area contributed by atoms with E-state index in [-0.39, 0.29) is 0 Å². The predicted octanol–water partition coefficient (Wildman–Crippen LogP) is 5.09. The van der Waals surface area contributed by atoms with Crippen molar-refractivity contribution in [3.63, 3.8) is 0 Å². The zero-order valence-electron chi connectivity index (χ0n) is 11.8. The molecule has 2 fully saturated rings. The molecule has 1 heteroatoms. The third kappa shape index (κ3) is 3.61. The van der Waals surface area contributed by atoms with Gasteiger partial charge in [-0.05, 0) is 82.5 Å². The second-order valence-corrected chi connectivity index (χ2v) is 6.33. The van der Waals surface area contributed by atoms with Crippen LogP contribution >= 0.6 is 0 Å². The highest BCUT2D eigenvalue weighted by atomic mass is 14.4. The van der Waals surface area contributed by atoms with Crippen molar-refractivity contribution >= 4 is 0 Å². The lowest BCUT2D eigenvalue weighted by molar-refractivity contribution is 0.157. The number of hydrogen-bond donors (Lipinski definition) is 0. The van der Waals surface area contributed by atoms with Gasteiger partial charge >= 0.3 is 0 Å². The van der Waals surface area contributed by atoms with E-state index in [0.717, 1.165) is 17.8 Å². The molecule has 0 aromatic carbocycles. The first-order valence-electron chi connectivity index (χ1n) is 7.84. The molecular formula is C17H27N. The van der Waals surface area contributed by atoms with E-state index >= 15 is 0 Å². The van der Waals surface area contributed by atoms with Gasteiger partial charge in [-0.25, -0.2) is 0 Å². The van der Waals surface area contributed by atoms with Crippen molar-refractivity contribution in [2.24, 2.45) is 23.7 Å². The Hall–Kier alpha value is -0.770. The van der Waals surface area contributed by atoms with E-state index in [9.17, 15) is 0 Å². The van der Waals surface area contributed by atoms with Gasteiger partial charge in [0.25, 0.3) is 0 Å². The van der Waals surface area contributed by atoms with Crippen molar-refractivity contribution in [2.45, 2.75) is 64.7 Å². The van der Waals surface area contributed by atoms with Gasteiger partial charge in [0.2, 0.25) is 0 Å². The Bertz CT molecular complexity index is 296. The molecule has 2 rings (SSSR count). The fourth-order valence-corrected chi connectivity index (χ4v) is 3.94. The smallest absolute Gasteiger partial charge is 0.0655 e. The molecule has 0 spiro atoms. The zero-order chi connectivity index (χ0) is 12.8. The Morgan fingerprint density at radius 1 is 0.944 bits per heavy atom. The molecule has 18 heavy (non-hydrogen) atoms. The largest absolute Gasteiger partial charge is 0.198 e. The molecule has 0 saturated heterocycles. The first kappa shape index (κ1) is 13.7. The molecule has 0 bridgehead atoms. The fraction of sp³-hybridized carbons (Fsp3) is 0.824. The summed E-state index contributed by atoms with van der Waals surface area (Å²) in [6.07, 6.45) is 16.6. The van der Waals surface area contributed by atoms with Gasteiger partial charge in [-0.3, -0.25) is 0 Å². The first-order valence-corrected chi connectivity index (χ1v) is 7.84. The first-order chi connectivity index (χ1) is 8.83. The highest BCUT2D eigenvalue weighted by molar-refractivity contribution is 4.90. The standard InChI is InChI=1S/C17H27N/c1-2-3-4-14-5-9-16(10-6-14)17-11-7-15(13-18)8-12-17/h2-3,14-17H,4-12H2,1H3.